The van der Waals surface area contributed by atoms with E-state index in [0.717, 1.165) is 37.7 Å². The first-order valence-electron chi connectivity index (χ1n) is 9.22. The summed E-state index contributed by atoms with van der Waals surface area (Å²) in [6.07, 6.45) is 8.05. The number of methoxy groups -OCH3 is 1. The summed E-state index contributed by atoms with van der Waals surface area (Å²) >= 11 is 0. The average molecular weight is 476 g/mol. The largest absolute Gasteiger partial charge is 0.481 e. The van der Waals surface area contributed by atoms with Crippen LogP contribution in [0.15, 0.2) is 23.3 Å². The summed E-state index contributed by atoms with van der Waals surface area (Å²) < 4.78 is 10.8. The van der Waals surface area contributed by atoms with Crippen LogP contribution < -0.4 is 15.4 Å². The Balaban J connectivity index is 0.00000338. The van der Waals surface area contributed by atoms with E-state index in [2.05, 4.69) is 27.5 Å². The van der Waals surface area contributed by atoms with Crippen molar-refractivity contribution in [3.05, 3.63) is 23.9 Å². The number of ether oxygens (including phenoxy) is 2. The van der Waals surface area contributed by atoms with Crippen molar-refractivity contribution in [1.29, 1.82) is 0 Å². The summed E-state index contributed by atoms with van der Waals surface area (Å²) in [4.78, 5) is 8.48. The second-order valence-electron chi connectivity index (χ2n) is 6.64. The monoisotopic (exact) mass is 476 g/mol. The van der Waals surface area contributed by atoms with E-state index in [0.29, 0.717) is 17.8 Å². The van der Waals surface area contributed by atoms with Crippen LogP contribution in [0.2, 0.25) is 0 Å². The highest BCUT2D eigenvalue weighted by atomic mass is 127. The van der Waals surface area contributed by atoms with Crippen molar-refractivity contribution in [1.82, 2.24) is 15.6 Å². The van der Waals surface area contributed by atoms with Crippen LogP contribution in [0.5, 0.6) is 5.88 Å². The van der Waals surface area contributed by atoms with Gasteiger partial charge in [-0.3, -0.25) is 4.99 Å². The summed E-state index contributed by atoms with van der Waals surface area (Å²) in [5, 5.41) is 6.88. The Morgan fingerprint density at radius 3 is 2.73 bits per heavy atom. The molecule has 1 saturated carbocycles. The number of pyridine rings is 1. The van der Waals surface area contributed by atoms with E-state index >= 15 is 0 Å². The molecule has 0 saturated heterocycles. The van der Waals surface area contributed by atoms with Gasteiger partial charge in [-0.15, -0.1) is 24.0 Å². The molecule has 1 aromatic heterocycles. The molecule has 6 nitrogen and oxygen atoms in total. The van der Waals surface area contributed by atoms with Crippen LogP contribution in [0.25, 0.3) is 0 Å². The molecule has 26 heavy (non-hydrogen) atoms. The van der Waals surface area contributed by atoms with Gasteiger partial charge < -0.3 is 20.1 Å². The van der Waals surface area contributed by atoms with Crippen LogP contribution >= 0.6 is 24.0 Å². The van der Waals surface area contributed by atoms with Crippen molar-refractivity contribution < 1.29 is 9.47 Å². The van der Waals surface area contributed by atoms with Gasteiger partial charge in [-0.1, -0.05) is 12.8 Å². The van der Waals surface area contributed by atoms with E-state index in [4.69, 9.17) is 9.47 Å². The standard InChI is InChI=1S/C19H32N4O2.HI/c1-4-25-12-10-19(8-5-6-9-19)15-23-18(20-2)22-14-16-7-11-21-17(13-16)24-3;/h7,11,13H,4-6,8-10,12,14-15H2,1-3H3,(H2,20,22,23);1H. The molecule has 1 aromatic rings. The fourth-order valence-electron chi connectivity index (χ4n) is 3.42. The molecule has 0 amide bonds. The maximum absolute atomic E-state index is 5.59. The number of aliphatic imine (C=N–C) groups is 1. The van der Waals surface area contributed by atoms with Crippen molar-refractivity contribution in [2.24, 2.45) is 10.4 Å². The predicted octanol–water partition coefficient (Wildman–Crippen LogP) is 3.36. The first kappa shape index (κ1) is 23.0. The third-order valence-electron chi connectivity index (χ3n) is 4.97. The number of hydrogen-bond acceptors (Lipinski definition) is 4. The Hall–Kier alpha value is -1.09. The summed E-state index contributed by atoms with van der Waals surface area (Å²) in [6, 6.07) is 3.91. The second-order valence-corrected chi connectivity index (χ2v) is 6.64. The van der Waals surface area contributed by atoms with Crippen molar-refractivity contribution >= 4 is 29.9 Å². The Kier molecular flexibility index (Phi) is 10.9. The van der Waals surface area contributed by atoms with Crippen molar-refractivity contribution in [2.75, 3.05) is 33.9 Å². The molecule has 148 valence electrons. The number of aromatic nitrogens is 1. The van der Waals surface area contributed by atoms with Crippen LogP contribution in [-0.2, 0) is 11.3 Å². The molecular weight excluding hydrogens is 443 g/mol. The van der Waals surface area contributed by atoms with Gasteiger partial charge in [0.1, 0.15) is 0 Å². The molecule has 0 atom stereocenters. The van der Waals surface area contributed by atoms with Crippen molar-refractivity contribution in [3.8, 4) is 5.88 Å². The van der Waals surface area contributed by atoms with Gasteiger partial charge in [0.15, 0.2) is 5.96 Å². The van der Waals surface area contributed by atoms with E-state index < -0.39 is 0 Å². The number of halogens is 1. The number of hydrogen-bond donors (Lipinski definition) is 2. The number of guanidine groups is 1. The van der Waals surface area contributed by atoms with E-state index in [1.807, 2.05) is 19.2 Å². The average Bonchev–Trinajstić information content (AvgIpc) is 3.11. The zero-order valence-electron chi connectivity index (χ0n) is 16.2. The normalized spacial score (nSPS) is 16.0. The molecule has 7 heteroatoms. The van der Waals surface area contributed by atoms with Crippen LogP contribution in [0.3, 0.4) is 0 Å². The molecule has 0 aromatic carbocycles. The maximum atomic E-state index is 5.59. The molecule has 1 heterocycles. The number of rotatable bonds is 9. The predicted molar refractivity (Wildman–Crippen MR) is 116 cm³/mol. The van der Waals surface area contributed by atoms with E-state index in [-0.39, 0.29) is 24.0 Å². The molecule has 0 bridgehead atoms. The Morgan fingerprint density at radius 1 is 1.31 bits per heavy atom. The van der Waals surface area contributed by atoms with Crippen LogP contribution in [-0.4, -0.2) is 44.9 Å². The molecule has 0 spiro atoms. The third kappa shape index (κ3) is 7.26. The first-order chi connectivity index (χ1) is 12.2. The van der Waals surface area contributed by atoms with Crippen LogP contribution in [0, 0.1) is 5.41 Å². The van der Waals surface area contributed by atoms with Gasteiger partial charge >= 0.3 is 0 Å². The molecule has 1 aliphatic rings. The van der Waals surface area contributed by atoms with Gasteiger partial charge in [-0.05, 0) is 43.2 Å². The molecule has 0 radical (unpaired) electrons. The fraction of sp³-hybridized carbons (Fsp3) is 0.684. The lowest BCUT2D eigenvalue weighted by Crippen LogP contribution is -2.43. The van der Waals surface area contributed by atoms with Crippen LogP contribution in [0.4, 0.5) is 0 Å². The minimum atomic E-state index is 0. The highest BCUT2D eigenvalue weighted by molar-refractivity contribution is 14.0. The van der Waals surface area contributed by atoms with Gasteiger partial charge in [0.05, 0.1) is 7.11 Å². The Bertz CT molecular complexity index is 548. The Morgan fingerprint density at radius 2 is 2.08 bits per heavy atom. The van der Waals surface area contributed by atoms with E-state index in [1.54, 1.807) is 13.3 Å². The molecular formula is C19H33IN4O2. The summed E-state index contributed by atoms with van der Waals surface area (Å²) in [5.41, 5.74) is 1.45. The van der Waals surface area contributed by atoms with Gasteiger partial charge in [0.25, 0.3) is 0 Å². The third-order valence-corrected chi connectivity index (χ3v) is 4.97. The van der Waals surface area contributed by atoms with Gasteiger partial charge in [0, 0.05) is 45.6 Å². The summed E-state index contributed by atoms with van der Waals surface area (Å²) in [5.74, 6) is 1.46. The first-order valence-corrected chi connectivity index (χ1v) is 9.22. The molecule has 1 fully saturated rings. The molecule has 0 aliphatic heterocycles. The highest BCUT2D eigenvalue weighted by Gasteiger charge is 2.33. The summed E-state index contributed by atoms with van der Waals surface area (Å²) in [7, 11) is 3.44. The maximum Gasteiger partial charge on any atom is 0.213 e. The fourth-order valence-corrected chi connectivity index (χ4v) is 3.42. The zero-order valence-corrected chi connectivity index (χ0v) is 18.5. The topological polar surface area (TPSA) is 67.8 Å². The second kappa shape index (κ2) is 12.3. The van der Waals surface area contributed by atoms with Crippen molar-refractivity contribution in [2.45, 2.75) is 45.6 Å². The number of nitrogens with one attached hydrogen (secondary N) is 2. The minimum Gasteiger partial charge on any atom is -0.481 e. The van der Waals surface area contributed by atoms with E-state index in [1.165, 1.54) is 25.7 Å². The molecule has 1 aliphatic carbocycles. The SMILES string of the molecule is CCOCCC1(CNC(=NC)NCc2ccnc(OC)c2)CCCC1.I. The molecule has 2 rings (SSSR count). The summed E-state index contributed by atoms with van der Waals surface area (Å²) in [6.45, 7) is 5.33. The number of nitrogens with zero attached hydrogens (tertiary/aromatic N) is 2. The quantitative estimate of drug-likeness (QED) is 0.248. The lowest BCUT2D eigenvalue weighted by molar-refractivity contribution is 0.105. The van der Waals surface area contributed by atoms with Crippen LogP contribution in [0.1, 0.15) is 44.6 Å². The van der Waals surface area contributed by atoms with Crippen molar-refractivity contribution in [3.63, 3.8) is 0 Å². The zero-order chi connectivity index (χ0) is 18.0. The molecule has 0 unspecified atom stereocenters. The van der Waals surface area contributed by atoms with Gasteiger partial charge in [-0.2, -0.15) is 0 Å². The van der Waals surface area contributed by atoms with Gasteiger partial charge in [0.2, 0.25) is 5.88 Å². The highest BCUT2D eigenvalue weighted by Crippen LogP contribution is 2.40. The van der Waals surface area contributed by atoms with E-state index in [9.17, 15) is 0 Å². The lowest BCUT2D eigenvalue weighted by Gasteiger charge is -2.30. The Labute approximate surface area is 174 Å². The minimum absolute atomic E-state index is 0. The lowest BCUT2D eigenvalue weighted by atomic mass is 9.83. The smallest absolute Gasteiger partial charge is 0.213 e. The van der Waals surface area contributed by atoms with Gasteiger partial charge in [-0.25, -0.2) is 4.98 Å². The molecule has 2 N–H and O–H groups in total.